The van der Waals surface area contributed by atoms with Gasteiger partial charge in [-0.25, -0.2) is 21.9 Å². The van der Waals surface area contributed by atoms with Crippen LogP contribution in [0.1, 0.15) is 25.7 Å². The fourth-order valence-corrected chi connectivity index (χ4v) is 4.98. The van der Waals surface area contributed by atoms with Gasteiger partial charge < -0.3 is 9.72 Å². The maximum Gasteiger partial charge on any atom is 0.322 e. The second-order valence-corrected chi connectivity index (χ2v) is 9.04. The van der Waals surface area contributed by atoms with Gasteiger partial charge in [0.25, 0.3) is 0 Å². The predicted molar refractivity (Wildman–Crippen MR) is 114 cm³/mol. The number of nitrogens with one attached hydrogen (secondary N) is 2. The van der Waals surface area contributed by atoms with Crippen molar-refractivity contribution in [2.45, 2.75) is 31.3 Å². The Labute approximate surface area is 187 Å². The van der Waals surface area contributed by atoms with E-state index >= 15 is 0 Å². The van der Waals surface area contributed by atoms with Crippen LogP contribution in [0.5, 0.6) is 11.8 Å². The first-order valence-corrected chi connectivity index (χ1v) is 11.4. The Kier molecular flexibility index (Phi) is 5.89. The Hall–Kier alpha value is -3.02. The zero-order valence-electron chi connectivity index (χ0n) is 16.9. The summed E-state index contributed by atoms with van der Waals surface area (Å²) in [6, 6.07) is 7.84. The predicted octanol–water partition coefficient (Wildman–Crippen LogP) is 4.54. The van der Waals surface area contributed by atoms with Crippen molar-refractivity contribution in [3.8, 4) is 11.8 Å². The van der Waals surface area contributed by atoms with E-state index in [-0.39, 0.29) is 11.8 Å². The van der Waals surface area contributed by atoms with E-state index in [1.165, 1.54) is 6.92 Å². The van der Waals surface area contributed by atoms with Crippen LogP contribution in [0.25, 0.3) is 10.9 Å². The van der Waals surface area contributed by atoms with E-state index in [1.54, 1.807) is 16.7 Å². The molecule has 12 heteroatoms. The molecule has 0 saturated carbocycles. The summed E-state index contributed by atoms with van der Waals surface area (Å²) in [6.45, 7) is 3.75. The first kappa shape index (κ1) is 22.2. The number of hydrogen-bond acceptors (Lipinski definition) is 5. The van der Waals surface area contributed by atoms with Crippen molar-refractivity contribution in [1.29, 1.82) is 0 Å². The van der Waals surface area contributed by atoms with E-state index in [0.717, 1.165) is 10.9 Å². The average Bonchev–Trinajstić information content (AvgIpc) is 3.36. The average molecular weight is 482 g/mol. The molecule has 2 aromatic carbocycles. The molecule has 2 N–H and O–H groups in total. The summed E-state index contributed by atoms with van der Waals surface area (Å²) in [4.78, 5) is 2.51. The molecule has 2 aromatic heterocycles. The summed E-state index contributed by atoms with van der Waals surface area (Å²) in [5.74, 6) is -1.78. The van der Waals surface area contributed by atoms with Gasteiger partial charge in [0, 0.05) is 24.3 Å². The molecule has 168 valence electrons. The van der Waals surface area contributed by atoms with Crippen molar-refractivity contribution in [2.75, 3.05) is 0 Å². The summed E-state index contributed by atoms with van der Waals surface area (Å²) in [6.07, 6.45) is 1.81. The van der Waals surface area contributed by atoms with Gasteiger partial charge in [0.1, 0.15) is 10.6 Å². The summed E-state index contributed by atoms with van der Waals surface area (Å²) in [7, 11) is -4.28. The highest BCUT2D eigenvalue weighted by atomic mass is 35.5. The van der Waals surface area contributed by atoms with Crippen LogP contribution in [0.3, 0.4) is 0 Å². The minimum atomic E-state index is -4.28. The topological polar surface area (TPSA) is 102 Å². The fourth-order valence-electron chi connectivity index (χ4n) is 3.25. The molecular weight excluding hydrogens is 464 g/mol. The van der Waals surface area contributed by atoms with E-state index in [0.29, 0.717) is 24.4 Å². The summed E-state index contributed by atoms with van der Waals surface area (Å²) < 4.78 is 62.1. The molecule has 4 rings (SSSR count). The first-order valence-electron chi connectivity index (χ1n) is 9.54. The second-order valence-electron chi connectivity index (χ2n) is 6.95. The van der Waals surface area contributed by atoms with E-state index < -0.39 is 37.6 Å². The zero-order chi connectivity index (χ0) is 23.0. The van der Waals surface area contributed by atoms with E-state index in [9.17, 15) is 17.2 Å². The lowest BCUT2D eigenvalue weighted by atomic mass is 10.2. The van der Waals surface area contributed by atoms with Crippen molar-refractivity contribution < 1.29 is 21.9 Å². The van der Waals surface area contributed by atoms with Crippen LogP contribution >= 0.6 is 11.6 Å². The Bertz CT molecular complexity index is 1400. The largest absolute Gasteiger partial charge is 0.424 e. The number of hydrogen-bond donors (Lipinski definition) is 2. The first-order chi connectivity index (χ1) is 15.2. The number of H-pyrrole nitrogens is 1. The lowest BCUT2D eigenvalue weighted by Crippen LogP contribution is -2.29. The molecule has 0 spiro atoms. The maximum atomic E-state index is 13.6. The fraction of sp³-hybridized carbons (Fsp3) is 0.200. The lowest BCUT2D eigenvalue weighted by Gasteiger charge is -2.16. The van der Waals surface area contributed by atoms with Gasteiger partial charge in [-0.15, -0.1) is 5.10 Å². The van der Waals surface area contributed by atoms with Crippen LogP contribution in [0.2, 0.25) is 5.02 Å². The standard InChI is InChI=1S/C20H18ClF2N5O3S/c1-3-28-19(11(2)27-32(29,30)18-10-16(23)15(22)9-14(18)21)25-26-20(28)31-13-5-4-12-6-7-24-17(12)8-13/h4-11,24,27H,3H2,1-2H3/t11-/m1/s1. The molecule has 0 radical (unpaired) electrons. The Morgan fingerprint density at radius 1 is 1.19 bits per heavy atom. The number of rotatable bonds is 7. The maximum absolute atomic E-state index is 13.6. The van der Waals surface area contributed by atoms with Crippen molar-refractivity contribution in [2.24, 2.45) is 0 Å². The van der Waals surface area contributed by atoms with Gasteiger partial charge in [-0.1, -0.05) is 16.7 Å². The number of benzene rings is 2. The van der Waals surface area contributed by atoms with Gasteiger partial charge in [0.2, 0.25) is 10.0 Å². The van der Waals surface area contributed by atoms with Crippen molar-refractivity contribution in [3.63, 3.8) is 0 Å². The van der Waals surface area contributed by atoms with Gasteiger partial charge in [-0.2, -0.15) is 0 Å². The molecule has 0 amide bonds. The van der Waals surface area contributed by atoms with E-state index in [2.05, 4.69) is 19.9 Å². The van der Waals surface area contributed by atoms with Crippen LogP contribution in [0.15, 0.2) is 47.5 Å². The molecule has 0 aliphatic carbocycles. The van der Waals surface area contributed by atoms with Crippen molar-refractivity contribution in [1.82, 2.24) is 24.5 Å². The van der Waals surface area contributed by atoms with Crippen molar-refractivity contribution in [3.05, 3.63) is 65.1 Å². The number of sulfonamides is 1. The van der Waals surface area contributed by atoms with Crippen LogP contribution in [0.4, 0.5) is 8.78 Å². The summed E-state index contributed by atoms with van der Waals surface area (Å²) in [5.41, 5.74) is 0.884. The van der Waals surface area contributed by atoms with Gasteiger partial charge >= 0.3 is 6.01 Å². The van der Waals surface area contributed by atoms with E-state index in [1.807, 2.05) is 25.3 Å². The monoisotopic (exact) mass is 481 g/mol. The highest BCUT2D eigenvalue weighted by molar-refractivity contribution is 7.89. The molecule has 0 unspecified atom stereocenters. The molecule has 0 fully saturated rings. The molecule has 8 nitrogen and oxygen atoms in total. The summed E-state index contributed by atoms with van der Waals surface area (Å²) in [5, 5.41) is 8.66. The Morgan fingerprint density at radius 3 is 2.69 bits per heavy atom. The lowest BCUT2D eigenvalue weighted by molar-refractivity contribution is 0.408. The Morgan fingerprint density at radius 2 is 1.94 bits per heavy atom. The smallest absolute Gasteiger partial charge is 0.322 e. The van der Waals surface area contributed by atoms with Gasteiger partial charge in [0.15, 0.2) is 17.5 Å². The number of nitrogens with zero attached hydrogens (tertiary/aromatic N) is 3. The van der Waals surface area contributed by atoms with Crippen LogP contribution < -0.4 is 9.46 Å². The highest BCUT2D eigenvalue weighted by Gasteiger charge is 2.27. The number of aromatic nitrogens is 4. The molecule has 1 atom stereocenters. The SMILES string of the molecule is CCn1c(Oc2ccc3cc[nH]c3c2)nnc1[C@@H](C)NS(=O)(=O)c1cc(F)c(F)cc1Cl. The zero-order valence-corrected chi connectivity index (χ0v) is 18.5. The normalized spacial score (nSPS) is 12.9. The van der Waals surface area contributed by atoms with Gasteiger partial charge in [-0.3, -0.25) is 4.57 Å². The third kappa shape index (κ3) is 4.18. The molecule has 32 heavy (non-hydrogen) atoms. The third-order valence-corrected chi connectivity index (χ3v) is 6.79. The van der Waals surface area contributed by atoms with Crippen molar-refractivity contribution >= 4 is 32.5 Å². The molecule has 0 bridgehead atoms. The molecular formula is C20H18ClF2N5O3S. The number of halogens is 3. The van der Waals surface area contributed by atoms with Gasteiger partial charge in [-0.05, 0) is 49.6 Å². The van der Waals surface area contributed by atoms with Crippen LogP contribution in [0, 0.1) is 11.6 Å². The molecule has 0 saturated heterocycles. The number of ether oxygens (including phenoxy) is 1. The second kappa shape index (κ2) is 8.49. The molecule has 4 aromatic rings. The number of aromatic amines is 1. The highest BCUT2D eigenvalue weighted by Crippen LogP contribution is 2.28. The van der Waals surface area contributed by atoms with E-state index in [4.69, 9.17) is 16.3 Å². The van der Waals surface area contributed by atoms with Gasteiger partial charge in [0.05, 0.1) is 11.1 Å². The number of fused-ring (bicyclic) bond motifs is 1. The molecule has 0 aliphatic heterocycles. The quantitative estimate of drug-likeness (QED) is 0.377. The summed E-state index contributed by atoms with van der Waals surface area (Å²) >= 11 is 5.82. The third-order valence-electron chi connectivity index (χ3n) is 4.78. The molecule has 0 aliphatic rings. The Balaban J connectivity index is 1.59. The minimum Gasteiger partial charge on any atom is -0.424 e. The van der Waals surface area contributed by atoms with Crippen LogP contribution in [-0.2, 0) is 16.6 Å². The minimum absolute atomic E-state index is 0.172. The van der Waals surface area contributed by atoms with Crippen LogP contribution in [-0.4, -0.2) is 28.2 Å². The molecule has 2 heterocycles.